The van der Waals surface area contributed by atoms with Gasteiger partial charge in [0.05, 0.1) is 17.7 Å². The van der Waals surface area contributed by atoms with Gasteiger partial charge in [-0.2, -0.15) is 0 Å². The number of benzene rings is 1. The Morgan fingerprint density at radius 1 is 1.09 bits per heavy atom. The molecule has 0 saturated carbocycles. The van der Waals surface area contributed by atoms with Crippen LogP contribution in [0.4, 0.5) is 0 Å². The molecular weight excluding hydrogens is 294 g/mol. The van der Waals surface area contributed by atoms with Crippen molar-refractivity contribution < 1.29 is 19.2 Å². The average Bonchev–Trinajstić information content (AvgIpc) is 2.74. The third-order valence-corrected chi connectivity index (χ3v) is 4.42. The molecule has 0 bridgehead atoms. The van der Waals surface area contributed by atoms with Crippen LogP contribution in [0.15, 0.2) is 12.1 Å². The third-order valence-electron chi connectivity index (χ3n) is 4.42. The van der Waals surface area contributed by atoms with Gasteiger partial charge in [0.25, 0.3) is 11.8 Å². The molecule has 0 aliphatic carbocycles. The summed E-state index contributed by atoms with van der Waals surface area (Å²) >= 11 is 0. The summed E-state index contributed by atoms with van der Waals surface area (Å²) in [5.74, 6) is -1.59. The van der Waals surface area contributed by atoms with E-state index >= 15 is 0 Å². The van der Waals surface area contributed by atoms with Gasteiger partial charge in [-0.15, -0.1) is 0 Å². The summed E-state index contributed by atoms with van der Waals surface area (Å²) in [7, 11) is 0. The molecule has 23 heavy (non-hydrogen) atoms. The van der Waals surface area contributed by atoms with E-state index in [0.717, 1.165) is 16.0 Å². The highest BCUT2D eigenvalue weighted by Gasteiger charge is 2.39. The van der Waals surface area contributed by atoms with Crippen LogP contribution < -0.4 is 0 Å². The van der Waals surface area contributed by atoms with Gasteiger partial charge in [-0.05, 0) is 30.9 Å². The Bertz CT molecular complexity index is 650. The maximum absolute atomic E-state index is 12.5. The number of Topliss-reactive ketones (excluding diaryl/α,β-unsaturated/α-hetero) is 1. The minimum Gasteiger partial charge on any atom is -0.303 e. The number of amides is 2. The molecule has 5 nitrogen and oxygen atoms in total. The minimum atomic E-state index is -0.473. The number of nitrogens with zero attached hydrogens (tertiary/aromatic N) is 1. The van der Waals surface area contributed by atoms with E-state index in [1.165, 1.54) is 0 Å². The summed E-state index contributed by atoms with van der Waals surface area (Å²) in [5, 5.41) is 0. The van der Waals surface area contributed by atoms with Crippen LogP contribution in [-0.4, -0.2) is 35.3 Å². The lowest BCUT2D eigenvalue weighted by Gasteiger charge is -2.20. The molecule has 1 heterocycles. The molecule has 122 valence electrons. The van der Waals surface area contributed by atoms with Gasteiger partial charge >= 0.3 is 0 Å². The maximum Gasteiger partial charge on any atom is 0.262 e. The number of rotatable bonds is 6. The molecule has 1 atom stereocenters. The summed E-state index contributed by atoms with van der Waals surface area (Å²) in [4.78, 5) is 49.3. The van der Waals surface area contributed by atoms with E-state index in [1.54, 1.807) is 26.0 Å². The van der Waals surface area contributed by atoms with Gasteiger partial charge in [0.2, 0.25) is 0 Å². The highest BCUT2D eigenvalue weighted by molar-refractivity contribution is 6.23. The van der Waals surface area contributed by atoms with E-state index in [1.807, 2.05) is 13.8 Å². The highest BCUT2D eigenvalue weighted by atomic mass is 16.2. The van der Waals surface area contributed by atoms with E-state index in [9.17, 15) is 19.2 Å². The molecule has 1 aromatic rings. The fourth-order valence-corrected chi connectivity index (χ4v) is 3.02. The van der Waals surface area contributed by atoms with Gasteiger partial charge in [0, 0.05) is 12.3 Å². The van der Waals surface area contributed by atoms with Gasteiger partial charge in [0.15, 0.2) is 5.78 Å². The molecule has 0 fully saturated rings. The second-order valence-electron chi connectivity index (χ2n) is 6.37. The molecule has 1 unspecified atom stereocenters. The van der Waals surface area contributed by atoms with E-state index in [0.29, 0.717) is 17.4 Å². The predicted octanol–water partition coefficient (Wildman–Crippen LogP) is 2.33. The zero-order valence-corrected chi connectivity index (χ0v) is 13.9. The molecule has 1 aliphatic rings. The number of hydrogen-bond acceptors (Lipinski definition) is 4. The summed E-state index contributed by atoms with van der Waals surface area (Å²) in [5.41, 5.74) is 2.23. The van der Waals surface area contributed by atoms with Crippen LogP contribution in [0.2, 0.25) is 0 Å². The quantitative estimate of drug-likeness (QED) is 0.596. The highest BCUT2D eigenvalue weighted by Crippen LogP contribution is 2.29. The molecule has 5 heteroatoms. The Morgan fingerprint density at radius 3 is 1.96 bits per heavy atom. The number of carbonyl (C=O) groups excluding carboxylic acids is 4. The van der Waals surface area contributed by atoms with Crippen LogP contribution in [0.25, 0.3) is 0 Å². The van der Waals surface area contributed by atoms with Crippen LogP contribution in [0.3, 0.4) is 0 Å². The average molecular weight is 315 g/mol. The smallest absolute Gasteiger partial charge is 0.262 e. The van der Waals surface area contributed by atoms with Crippen LogP contribution >= 0.6 is 0 Å². The Morgan fingerprint density at radius 2 is 1.57 bits per heavy atom. The first-order valence-corrected chi connectivity index (χ1v) is 7.72. The zero-order valence-electron chi connectivity index (χ0n) is 13.9. The molecule has 2 amide bonds. The van der Waals surface area contributed by atoms with E-state index < -0.39 is 17.7 Å². The third kappa shape index (κ3) is 2.96. The van der Waals surface area contributed by atoms with Crippen molar-refractivity contribution in [3.05, 3.63) is 34.4 Å². The second kappa shape index (κ2) is 6.44. The van der Waals surface area contributed by atoms with Crippen molar-refractivity contribution in [2.45, 2.75) is 34.1 Å². The van der Waals surface area contributed by atoms with E-state index in [4.69, 9.17) is 0 Å². The van der Waals surface area contributed by atoms with Crippen molar-refractivity contribution in [3.8, 4) is 0 Å². The van der Waals surface area contributed by atoms with Crippen molar-refractivity contribution in [2.75, 3.05) is 6.54 Å². The van der Waals surface area contributed by atoms with Gasteiger partial charge < -0.3 is 4.79 Å². The van der Waals surface area contributed by atoms with E-state index in [-0.39, 0.29) is 24.7 Å². The summed E-state index contributed by atoms with van der Waals surface area (Å²) < 4.78 is 0. The molecule has 1 aromatic carbocycles. The largest absolute Gasteiger partial charge is 0.303 e. The summed E-state index contributed by atoms with van der Waals surface area (Å²) in [6.07, 6.45) is 0.816. The lowest BCUT2D eigenvalue weighted by atomic mass is 9.89. The lowest BCUT2D eigenvalue weighted by molar-refractivity contribution is -0.126. The standard InChI is InChI=1S/C18H21NO4/c1-10(2)13(7-8-20)14(21)9-19-17(22)15-11(3)5-6-12(4)16(15)18(19)23/h5-6,8,10,13H,7,9H2,1-4H3. The number of aldehydes is 1. The Balaban J connectivity index is 2.30. The number of aryl methyl sites for hydroxylation is 2. The molecule has 2 rings (SSSR count). The molecule has 0 aromatic heterocycles. The van der Waals surface area contributed by atoms with Crippen molar-refractivity contribution >= 4 is 23.9 Å². The van der Waals surface area contributed by atoms with Crippen molar-refractivity contribution in [1.29, 1.82) is 0 Å². The van der Waals surface area contributed by atoms with Gasteiger partial charge in [-0.25, -0.2) is 0 Å². The van der Waals surface area contributed by atoms with Gasteiger partial charge in [-0.1, -0.05) is 26.0 Å². The number of fused-ring (bicyclic) bond motifs is 1. The fourth-order valence-electron chi connectivity index (χ4n) is 3.02. The van der Waals surface area contributed by atoms with Gasteiger partial charge in [0.1, 0.15) is 6.29 Å². The first kappa shape index (κ1) is 17.1. The number of carbonyl (C=O) groups is 4. The molecular formula is C18H21NO4. The number of ketones is 1. The number of hydrogen-bond donors (Lipinski definition) is 0. The SMILES string of the molecule is Cc1ccc(C)c2c1C(=O)N(CC(=O)C(CC=O)C(C)C)C2=O. The molecule has 0 radical (unpaired) electrons. The van der Waals surface area contributed by atoms with Crippen molar-refractivity contribution in [3.63, 3.8) is 0 Å². The van der Waals surface area contributed by atoms with Crippen LogP contribution in [0, 0.1) is 25.7 Å². The molecule has 0 N–H and O–H groups in total. The summed E-state index contributed by atoms with van der Waals surface area (Å²) in [6, 6.07) is 3.60. The lowest BCUT2D eigenvalue weighted by Crippen LogP contribution is -2.38. The monoisotopic (exact) mass is 315 g/mol. The Labute approximate surface area is 135 Å². The molecule has 0 saturated heterocycles. The second-order valence-corrected chi connectivity index (χ2v) is 6.37. The van der Waals surface area contributed by atoms with Crippen LogP contribution in [-0.2, 0) is 9.59 Å². The van der Waals surface area contributed by atoms with E-state index in [2.05, 4.69) is 0 Å². The Hall–Kier alpha value is -2.30. The normalized spacial score (nSPS) is 15.1. The Kier molecular flexibility index (Phi) is 4.78. The topological polar surface area (TPSA) is 71.5 Å². The summed E-state index contributed by atoms with van der Waals surface area (Å²) in [6.45, 7) is 6.98. The molecule has 1 aliphatic heterocycles. The maximum atomic E-state index is 12.5. The van der Waals surface area contributed by atoms with Crippen molar-refractivity contribution in [2.24, 2.45) is 11.8 Å². The van der Waals surface area contributed by atoms with Gasteiger partial charge in [-0.3, -0.25) is 19.3 Å². The minimum absolute atomic E-state index is 0.0219. The van der Waals surface area contributed by atoms with Crippen molar-refractivity contribution in [1.82, 2.24) is 4.90 Å². The first-order valence-electron chi connectivity index (χ1n) is 7.72. The fraction of sp³-hybridized carbons (Fsp3) is 0.444. The zero-order chi connectivity index (χ0) is 17.3. The molecule has 0 spiro atoms. The first-order chi connectivity index (χ1) is 10.8. The number of imide groups is 1. The van der Waals surface area contributed by atoms with Crippen LogP contribution in [0.1, 0.15) is 52.1 Å². The van der Waals surface area contributed by atoms with Crippen LogP contribution in [0.5, 0.6) is 0 Å². The predicted molar refractivity (Wildman–Crippen MR) is 85.3 cm³/mol.